The number of nitrogens with one attached hydrogen (secondary N) is 1. The zero-order valence-corrected chi connectivity index (χ0v) is 13.9. The van der Waals surface area contributed by atoms with Crippen molar-refractivity contribution in [2.75, 3.05) is 19.0 Å². The standard InChI is InChI=1S/C17H25NO4/c1-12(10-11-22-17(2,3)4)15(19)18-14-8-6-13(7-9-14)16(20)21-5/h6-9,12H,10-11H2,1-5H3,(H,18,19)/t12-/m1/s1. The highest BCUT2D eigenvalue weighted by atomic mass is 16.5. The Kier molecular flexibility index (Phi) is 6.56. The highest BCUT2D eigenvalue weighted by Gasteiger charge is 2.16. The van der Waals surface area contributed by atoms with Gasteiger partial charge in [0, 0.05) is 18.2 Å². The van der Waals surface area contributed by atoms with Gasteiger partial charge in [0.15, 0.2) is 0 Å². The Hall–Kier alpha value is -1.88. The van der Waals surface area contributed by atoms with Crippen LogP contribution in [0.2, 0.25) is 0 Å². The summed E-state index contributed by atoms with van der Waals surface area (Å²) in [5.74, 6) is -0.614. The van der Waals surface area contributed by atoms with Crippen LogP contribution in [0, 0.1) is 5.92 Å². The predicted octanol–water partition coefficient (Wildman–Crippen LogP) is 3.25. The smallest absolute Gasteiger partial charge is 0.337 e. The number of anilines is 1. The number of carbonyl (C=O) groups is 2. The number of benzene rings is 1. The summed E-state index contributed by atoms with van der Waals surface area (Å²) in [6, 6.07) is 6.61. The first kappa shape index (κ1) is 18.2. The maximum Gasteiger partial charge on any atom is 0.337 e. The lowest BCUT2D eigenvalue weighted by Crippen LogP contribution is -2.25. The van der Waals surface area contributed by atoms with Gasteiger partial charge in [0.1, 0.15) is 0 Å². The molecule has 1 aromatic carbocycles. The summed E-state index contributed by atoms with van der Waals surface area (Å²) in [4.78, 5) is 23.4. The molecule has 0 heterocycles. The molecule has 0 unspecified atom stereocenters. The first-order valence-electron chi connectivity index (χ1n) is 7.36. The average Bonchev–Trinajstić information content (AvgIpc) is 2.45. The zero-order valence-electron chi connectivity index (χ0n) is 13.9. The van der Waals surface area contributed by atoms with Crippen LogP contribution >= 0.6 is 0 Å². The molecule has 0 fully saturated rings. The maximum absolute atomic E-state index is 12.1. The number of hydrogen-bond acceptors (Lipinski definition) is 4. The van der Waals surface area contributed by atoms with Gasteiger partial charge in [0.05, 0.1) is 18.3 Å². The molecular formula is C17H25NO4. The number of amides is 1. The van der Waals surface area contributed by atoms with Crippen molar-refractivity contribution in [2.24, 2.45) is 5.92 Å². The first-order valence-corrected chi connectivity index (χ1v) is 7.36. The van der Waals surface area contributed by atoms with E-state index < -0.39 is 5.97 Å². The molecule has 0 saturated carbocycles. The van der Waals surface area contributed by atoms with Crippen LogP contribution in [0.1, 0.15) is 44.5 Å². The van der Waals surface area contributed by atoms with E-state index in [2.05, 4.69) is 10.1 Å². The molecule has 5 heteroatoms. The minimum absolute atomic E-state index is 0.0664. The van der Waals surface area contributed by atoms with Gasteiger partial charge in [-0.15, -0.1) is 0 Å². The second-order valence-electron chi connectivity index (χ2n) is 6.21. The normalized spacial score (nSPS) is 12.6. The van der Waals surface area contributed by atoms with Gasteiger partial charge in [-0.1, -0.05) is 6.92 Å². The molecule has 1 N–H and O–H groups in total. The molecule has 0 aliphatic rings. The summed E-state index contributed by atoms with van der Waals surface area (Å²) in [6.45, 7) is 8.37. The molecule has 1 atom stereocenters. The Morgan fingerprint density at radius 3 is 2.27 bits per heavy atom. The zero-order chi connectivity index (χ0) is 16.8. The molecule has 0 bridgehead atoms. The van der Waals surface area contributed by atoms with E-state index in [1.54, 1.807) is 24.3 Å². The van der Waals surface area contributed by atoms with Gasteiger partial charge in [-0.05, 0) is 51.5 Å². The molecule has 1 aromatic rings. The van der Waals surface area contributed by atoms with Crippen molar-refractivity contribution >= 4 is 17.6 Å². The Bertz CT molecular complexity index is 502. The molecule has 0 aliphatic heterocycles. The van der Waals surface area contributed by atoms with E-state index in [9.17, 15) is 9.59 Å². The van der Waals surface area contributed by atoms with Crippen LogP contribution in [0.4, 0.5) is 5.69 Å². The van der Waals surface area contributed by atoms with E-state index in [1.165, 1.54) is 7.11 Å². The minimum Gasteiger partial charge on any atom is -0.465 e. The van der Waals surface area contributed by atoms with Crippen LogP contribution in [-0.4, -0.2) is 31.2 Å². The molecule has 0 saturated heterocycles. The average molecular weight is 307 g/mol. The van der Waals surface area contributed by atoms with Crippen LogP contribution in [0.5, 0.6) is 0 Å². The van der Waals surface area contributed by atoms with Crippen molar-refractivity contribution in [3.63, 3.8) is 0 Å². The summed E-state index contributed by atoms with van der Waals surface area (Å²) in [7, 11) is 1.33. The van der Waals surface area contributed by atoms with E-state index in [0.717, 1.165) is 0 Å². The van der Waals surface area contributed by atoms with E-state index >= 15 is 0 Å². The maximum atomic E-state index is 12.1. The van der Waals surface area contributed by atoms with E-state index in [-0.39, 0.29) is 17.4 Å². The molecule has 1 amide bonds. The van der Waals surface area contributed by atoms with Crippen molar-refractivity contribution < 1.29 is 19.1 Å². The minimum atomic E-state index is -0.398. The number of rotatable bonds is 6. The third-order valence-corrected chi connectivity index (χ3v) is 3.11. The SMILES string of the molecule is COC(=O)c1ccc(NC(=O)[C@H](C)CCOC(C)(C)C)cc1. The molecule has 0 radical (unpaired) electrons. The lowest BCUT2D eigenvalue weighted by Gasteiger charge is -2.20. The Labute approximate surface area is 132 Å². The summed E-state index contributed by atoms with van der Waals surface area (Å²) < 4.78 is 10.3. The van der Waals surface area contributed by atoms with Gasteiger partial charge >= 0.3 is 5.97 Å². The van der Waals surface area contributed by atoms with Crippen molar-refractivity contribution in [3.05, 3.63) is 29.8 Å². The van der Waals surface area contributed by atoms with Gasteiger partial charge in [-0.25, -0.2) is 4.79 Å². The molecule has 1 rings (SSSR count). The highest BCUT2D eigenvalue weighted by molar-refractivity contribution is 5.93. The van der Waals surface area contributed by atoms with E-state index in [0.29, 0.717) is 24.3 Å². The quantitative estimate of drug-likeness (QED) is 0.819. The second kappa shape index (κ2) is 7.94. The van der Waals surface area contributed by atoms with Crippen molar-refractivity contribution in [1.82, 2.24) is 0 Å². The molecule has 0 spiro atoms. The lowest BCUT2D eigenvalue weighted by molar-refractivity contribution is -0.120. The number of hydrogen-bond donors (Lipinski definition) is 1. The van der Waals surface area contributed by atoms with Crippen LogP contribution < -0.4 is 5.32 Å². The highest BCUT2D eigenvalue weighted by Crippen LogP contribution is 2.14. The van der Waals surface area contributed by atoms with E-state index in [4.69, 9.17) is 4.74 Å². The van der Waals surface area contributed by atoms with Gasteiger partial charge in [0.25, 0.3) is 0 Å². The molecule has 0 aliphatic carbocycles. The molecule has 5 nitrogen and oxygen atoms in total. The van der Waals surface area contributed by atoms with Crippen LogP contribution in [0.3, 0.4) is 0 Å². The Morgan fingerprint density at radius 1 is 1.18 bits per heavy atom. The van der Waals surface area contributed by atoms with Gasteiger partial charge < -0.3 is 14.8 Å². The van der Waals surface area contributed by atoms with Crippen LogP contribution in [-0.2, 0) is 14.3 Å². The van der Waals surface area contributed by atoms with Crippen molar-refractivity contribution in [1.29, 1.82) is 0 Å². The third kappa shape index (κ3) is 6.26. The summed E-state index contributed by atoms with van der Waals surface area (Å²) >= 11 is 0. The monoisotopic (exact) mass is 307 g/mol. The predicted molar refractivity (Wildman–Crippen MR) is 85.9 cm³/mol. The van der Waals surface area contributed by atoms with Crippen LogP contribution in [0.15, 0.2) is 24.3 Å². The molecular weight excluding hydrogens is 282 g/mol. The largest absolute Gasteiger partial charge is 0.465 e. The number of carbonyl (C=O) groups excluding carboxylic acids is 2. The fraction of sp³-hybridized carbons (Fsp3) is 0.529. The Balaban J connectivity index is 2.48. The van der Waals surface area contributed by atoms with Gasteiger partial charge in [0.2, 0.25) is 5.91 Å². The molecule has 122 valence electrons. The molecule has 0 aromatic heterocycles. The number of ether oxygens (including phenoxy) is 2. The van der Waals surface area contributed by atoms with Gasteiger partial charge in [-0.2, -0.15) is 0 Å². The van der Waals surface area contributed by atoms with Crippen molar-refractivity contribution in [3.8, 4) is 0 Å². The number of methoxy groups -OCH3 is 1. The lowest BCUT2D eigenvalue weighted by atomic mass is 10.1. The van der Waals surface area contributed by atoms with E-state index in [1.807, 2.05) is 27.7 Å². The van der Waals surface area contributed by atoms with Crippen LogP contribution in [0.25, 0.3) is 0 Å². The topological polar surface area (TPSA) is 64.6 Å². The fourth-order valence-electron chi connectivity index (χ4n) is 1.75. The van der Waals surface area contributed by atoms with Crippen molar-refractivity contribution in [2.45, 2.75) is 39.7 Å². The summed E-state index contributed by atoms with van der Waals surface area (Å²) in [5.41, 5.74) is 0.910. The second-order valence-corrected chi connectivity index (χ2v) is 6.21. The third-order valence-electron chi connectivity index (χ3n) is 3.11. The molecule has 22 heavy (non-hydrogen) atoms. The summed E-state index contributed by atoms with van der Waals surface area (Å²) in [6.07, 6.45) is 0.656. The summed E-state index contributed by atoms with van der Waals surface area (Å²) in [5, 5.41) is 2.83. The number of esters is 1. The Morgan fingerprint density at radius 2 is 1.77 bits per heavy atom. The fourth-order valence-corrected chi connectivity index (χ4v) is 1.75. The van der Waals surface area contributed by atoms with Gasteiger partial charge in [-0.3, -0.25) is 4.79 Å². The first-order chi connectivity index (χ1) is 10.2.